The molecule has 0 fully saturated rings. The summed E-state index contributed by atoms with van der Waals surface area (Å²) in [5.74, 6) is 0. The number of anilines is 1. The molecule has 0 amide bonds. The topological polar surface area (TPSA) is 3.24 Å². The Morgan fingerprint density at radius 3 is 2.44 bits per heavy atom. The average Bonchev–Trinajstić information content (AvgIpc) is 2.42. The predicted molar refractivity (Wildman–Crippen MR) is 81.8 cm³/mol. The molecule has 18 heavy (non-hydrogen) atoms. The Morgan fingerprint density at radius 1 is 1.11 bits per heavy atom. The normalized spacial score (nSPS) is 12.5. The van der Waals surface area contributed by atoms with Crippen molar-refractivity contribution in [2.24, 2.45) is 0 Å². The van der Waals surface area contributed by atoms with E-state index < -0.39 is 0 Å². The highest BCUT2D eigenvalue weighted by Crippen LogP contribution is 2.19. The largest absolute Gasteiger partial charge is 0.345 e. The summed E-state index contributed by atoms with van der Waals surface area (Å²) in [5.41, 5.74) is 2.52. The third kappa shape index (κ3) is 4.62. The van der Waals surface area contributed by atoms with E-state index in [0.717, 1.165) is 13.0 Å². The second-order valence-corrected chi connectivity index (χ2v) is 4.18. The molecule has 0 saturated carbocycles. The molecule has 1 heteroatoms. The lowest BCUT2D eigenvalue weighted by Crippen LogP contribution is -2.21. The molecule has 0 radical (unpaired) electrons. The quantitative estimate of drug-likeness (QED) is 0.503. The van der Waals surface area contributed by atoms with Gasteiger partial charge in [-0.05, 0) is 45.4 Å². The Kier molecular flexibility index (Phi) is 6.63. The zero-order valence-corrected chi connectivity index (χ0v) is 11.6. The van der Waals surface area contributed by atoms with E-state index >= 15 is 0 Å². The summed E-state index contributed by atoms with van der Waals surface area (Å²) in [6.07, 6.45) is 11.7. The van der Waals surface area contributed by atoms with Gasteiger partial charge in [0.1, 0.15) is 0 Å². The van der Waals surface area contributed by atoms with E-state index in [2.05, 4.69) is 79.5 Å². The van der Waals surface area contributed by atoms with Crippen LogP contribution >= 0.6 is 0 Å². The first-order valence-corrected chi connectivity index (χ1v) is 6.53. The molecule has 0 saturated heterocycles. The number of allylic oxidation sites excluding steroid dienone is 5. The molecular formula is C17H23N. The molecule has 0 aliphatic heterocycles. The van der Waals surface area contributed by atoms with Crippen molar-refractivity contribution in [3.63, 3.8) is 0 Å². The standard InChI is InChI=1S/C17H23N/c1-4-6-11-15-18(16(3)12-7-5-2)17-13-9-8-10-14-17/h4-10,12-14H,11,15H2,1-3H3/b6-4-,7-5-,16-12+. The molecule has 0 unspecified atom stereocenters. The van der Waals surface area contributed by atoms with E-state index in [-0.39, 0.29) is 0 Å². The fourth-order valence-electron chi connectivity index (χ4n) is 1.81. The minimum atomic E-state index is 1.01. The maximum Gasteiger partial charge on any atom is 0.0408 e. The lowest BCUT2D eigenvalue weighted by Gasteiger charge is -2.25. The van der Waals surface area contributed by atoms with Gasteiger partial charge in [0, 0.05) is 17.9 Å². The van der Waals surface area contributed by atoms with Gasteiger partial charge < -0.3 is 4.90 Å². The number of para-hydroxylation sites is 1. The summed E-state index contributed by atoms with van der Waals surface area (Å²) >= 11 is 0. The highest BCUT2D eigenvalue weighted by Gasteiger charge is 2.06. The maximum absolute atomic E-state index is 2.35. The Morgan fingerprint density at radius 2 is 1.83 bits per heavy atom. The van der Waals surface area contributed by atoms with Crippen molar-refractivity contribution < 1.29 is 0 Å². The van der Waals surface area contributed by atoms with Gasteiger partial charge in [0.25, 0.3) is 0 Å². The van der Waals surface area contributed by atoms with Crippen LogP contribution in [0.1, 0.15) is 27.2 Å². The molecule has 1 aromatic carbocycles. The van der Waals surface area contributed by atoms with E-state index in [1.165, 1.54) is 11.4 Å². The fourth-order valence-corrected chi connectivity index (χ4v) is 1.81. The van der Waals surface area contributed by atoms with Crippen molar-refractivity contribution in [1.82, 2.24) is 0 Å². The van der Waals surface area contributed by atoms with Gasteiger partial charge >= 0.3 is 0 Å². The van der Waals surface area contributed by atoms with Crippen molar-refractivity contribution in [3.05, 3.63) is 66.4 Å². The maximum atomic E-state index is 2.35. The molecule has 1 aromatic rings. The van der Waals surface area contributed by atoms with E-state index in [9.17, 15) is 0 Å². The van der Waals surface area contributed by atoms with Crippen LogP contribution in [0.2, 0.25) is 0 Å². The fraction of sp³-hybridized carbons (Fsp3) is 0.294. The SMILES string of the molecule is C/C=C\C=C(/C)N(CC/C=C\C)c1ccccc1. The van der Waals surface area contributed by atoms with Crippen molar-refractivity contribution in [2.75, 3.05) is 11.4 Å². The molecule has 0 aliphatic carbocycles. The van der Waals surface area contributed by atoms with Gasteiger partial charge in [-0.2, -0.15) is 0 Å². The van der Waals surface area contributed by atoms with Crippen molar-refractivity contribution >= 4 is 5.69 Å². The number of nitrogens with zero attached hydrogens (tertiary/aromatic N) is 1. The Labute approximate surface area is 111 Å². The van der Waals surface area contributed by atoms with Crippen LogP contribution in [0.4, 0.5) is 5.69 Å². The van der Waals surface area contributed by atoms with Crippen LogP contribution in [0.15, 0.2) is 66.4 Å². The summed E-state index contributed by atoms with van der Waals surface area (Å²) in [6.45, 7) is 7.27. The van der Waals surface area contributed by atoms with Gasteiger partial charge in [-0.1, -0.05) is 42.5 Å². The van der Waals surface area contributed by atoms with Gasteiger partial charge in [0.05, 0.1) is 0 Å². The molecule has 0 heterocycles. The summed E-state index contributed by atoms with van der Waals surface area (Å²) in [6, 6.07) is 10.5. The Bertz CT molecular complexity index is 412. The highest BCUT2D eigenvalue weighted by atomic mass is 15.1. The molecule has 0 N–H and O–H groups in total. The zero-order chi connectivity index (χ0) is 13.2. The Hall–Kier alpha value is -1.76. The number of hydrogen-bond donors (Lipinski definition) is 0. The molecule has 96 valence electrons. The van der Waals surface area contributed by atoms with Crippen LogP contribution in [0, 0.1) is 0 Å². The molecule has 0 aromatic heterocycles. The van der Waals surface area contributed by atoms with Crippen molar-refractivity contribution in [1.29, 1.82) is 0 Å². The first-order chi connectivity index (χ1) is 8.79. The number of rotatable bonds is 6. The predicted octanol–water partition coefficient (Wildman–Crippen LogP) is 4.94. The van der Waals surface area contributed by atoms with Crippen LogP contribution in [0.5, 0.6) is 0 Å². The summed E-state index contributed by atoms with van der Waals surface area (Å²) in [7, 11) is 0. The monoisotopic (exact) mass is 241 g/mol. The van der Waals surface area contributed by atoms with Crippen LogP contribution in [-0.2, 0) is 0 Å². The molecule has 0 atom stereocenters. The van der Waals surface area contributed by atoms with Gasteiger partial charge in [-0.25, -0.2) is 0 Å². The molecule has 1 rings (SSSR count). The smallest absolute Gasteiger partial charge is 0.0408 e. The second kappa shape index (κ2) is 8.35. The molecular weight excluding hydrogens is 218 g/mol. The van der Waals surface area contributed by atoms with E-state index in [4.69, 9.17) is 0 Å². The third-order valence-corrected chi connectivity index (χ3v) is 2.78. The molecule has 0 aliphatic rings. The lowest BCUT2D eigenvalue weighted by atomic mass is 10.2. The van der Waals surface area contributed by atoms with Crippen LogP contribution in [0.3, 0.4) is 0 Å². The van der Waals surface area contributed by atoms with Gasteiger partial charge in [-0.15, -0.1) is 0 Å². The van der Waals surface area contributed by atoms with Crippen LogP contribution < -0.4 is 4.90 Å². The van der Waals surface area contributed by atoms with Gasteiger partial charge in [-0.3, -0.25) is 0 Å². The summed E-state index contributed by atoms with van der Waals surface area (Å²) in [4.78, 5) is 2.35. The average molecular weight is 241 g/mol. The summed E-state index contributed by atoms with van der Waals surface area (Å²) in [5, 5.41) is 0. The highest BCUT2D eigenvalue weighted by molar-refractivity contribution is 5.51. The molecule has 1 nitrogen and oxygen atoms in total. The summed E-state index contributed by atoms with van der Waals surface area (Å²) < 4.78 is 0. The van der Waals surface area contributed by atoms with E-state index in [0.29, 0.717) is 0 Å². The van der Waals surface area contributed by atoms with Crippen molar-refractivity contribution in [3.8, 4) is 0 Å². The van der Waals surface area contributed by atoms with Crippen molar-refractivity contribution in [2.45, 2.75) is 27.2 Å². The van der Waals surface area contributed by atoms with E-state index in [1.54, 1.807) is 0 Å². The minimum Gasteiger partial charge on any atom is -0.345 e. The second-order valence-electron chi connectivity index (χ2n) is 4.18. The first kappa shape index (κ1) is 14.3. The third-order valence-electron chi connectivity index (χ3n) is 2.78. The van der Waals surface area contributed by atoms with E-state index in [1.807, 2.05) is 6.92 Å². The minimum absolute atomic E-state index is 1.01. The molecule has 0 bridgehead atoms. The first-order valence-electron chi connectivity index (χ1n) is 6.53. The van der Waals surface area contributed by atoms with Gasteiger partial charge in [0.2, 0.25) is 0 Å². The number of benzene rings is 1. The van der Waals surface area contributed by atoms with Gasteiger partial charge in [0.15, 0.2) is 0 Å². The van der Waals surface area contributed by atoms with Crippen LogP contribution in [0.25, 0.3) is 0 Å². The lowest BCUT2D eigenvalue weighted by molar-refractivity contribution is 0.890. The Balaban J connectivity index is 2.88. The zero-order valence-electron chi connectivity index (χ0n) is 11.6. The van der Waals surface area contributed by atoms with Crippen LogP contribution in [-0.4, -0.2) is 6.54 Å². The molecule has 0 spiro atoms. The number of hydrogen-bond acceptors (Lipinski definition) is 1.